The Kier molecular flexibility index (Phi) is 9.19. The molecule has 42 heavy (non-hydrogen) atoms. The summed E-state index contributed by atoms with van der Waals surface area (Å²) in [5, 5.41) is 4.48. The van der Waals surface area contributed by atoms with Crippen molar-refractivity contribution >= 4 is 38.1 Å². The minimum Gasteiger partial charge on any atom is -0.347 e. The van der Waals surface area contributed by atoms with E-state index in [-0.39, 0.29) is 4.90 Å². The van der Waals surface area contributed by atoms with Crippen LogP contribution in [0.5, 0.6) is 0 Å². The quantitative estimate of drug-likeness (QED) is 0.144. The normalized spacial score (nSPS) is 11.7. The average Bonchev–Trinajstić information content (AvgIpc) is 3.40. The van der Waals surface area contributed by atoms with Crippen LogP contribution in [0.1, 0.15) is 32.3 Å². The maximum atomic E-state index is 12.7. The van der Waals surface area contributed by atoms with Crippen LogP contribution in [0.15, 0.2) is 96.3 Å². The summed E-state index contributed by atoms with van der Waals surface area (Å²) in [6.07, 6.45) is 6.07. The molecule has 5 aromatic rings. The first kappa shape index (κ1) is 29.3. The van der Waals surface area contributed by atoms with Crippen molar-refractivity contribution in [2.45, 2.75) is 45.1 Å². The molecule has 5 rings (SSSR count). The van der Waals surface area contributed by atoms with E-state index < -0.39 is 10.0 Å². The van der Waals surface area contributed by atoms with Gasteiger partial charge in [0.1, 0.15) is 12.1 Å². The lowest BCUT2D eigenvalue weighted by Crippen LogP contribution is -2.24. The molecule has 0 aliphatic rings. The number of aryl methyl sites for hydroxylation is 2. The summed E-state index contributed by atoms with van der Waals surface area (Å²) in [6, 6.07) is 24.3. The van der Waals surface area contributed by atoms with E-state index in [1.54, 1.807) is 42.7 Å². The van der Waals surface area contributed by atoms with E-state index in [0.717, 1.165) is 55.1 Å². The summed E-state index contributed by atoms with van der Waals surface area (Å²) in [4.78, 5) is 11.6. The van der Waals surface area contributed by atoms with Gasteiger partial charge in [0.25, 0.3) is 10.0 Å². The highest BCUT2D eigenvalue weighted by atomic mass is 32.2. The van der Waals surface area contributed by atoms with Gasteiger partial charge in [-0.15, -0.1) is 0 Å². The van der Waals surface area contributed by atoms with Crippen molar-refractivity contribution in [3.63, 3.8) is 0 Å². The molecule has 0 aliphatic heterocycles. The van der Waals surface area contributed by atoms with Crippen LogP contribution in [0.25, 0.3) is 22.2 Å². The highest BCUT2D eigenvalue weighted by molar-refractivity contribution is 7.92. The van der Waals surface area contributed by atoms with E-state index in [1.165, 1.54) is 17.3 Å². The molecule has 2 N–H and O–H groups in total. The molecule has 0 aliphatic carbocycles. The molecule has 0 unspecified atom stereocenters. The van der Waals surface area contributed by atoms with Crippen LogP contribution in [-0.2, 0) is 16.6 Å². The van der Waals surface area contributed by atoms with Gasteiger partial charge in [0.15, 0.2) is 0 Å². The van der Waals surface area contributed by atoms with E-state index in [0.29, 0.717) is 11.5 Å². The summed E-state index contributed by atoms with van der Waals surface area (Å²) >= 11 is 0. The van der Waals surface area contributed by atoms with Crippen LogP contribution in [-0.4, -0.2) is 47.5 Å². The van der Waals surface area contributed by atoms with Crippen LogP contribution in [0.3, 0.4) is 0 Å². The van der Waals surface area contributed by atoms with Gasteiger partial charge < -0.3 is 14.8 Å². The SMILES string of the molecule is CCN(CC)CCCCn1ccc2cc(-c3cc(Nc4ccc(NS(=O)(=O)c5ccc(C)cc5)cc4)ncn3)ccc21. The van der Waals surface area contributed by atoms with Gasteiger partial charge in [-0.1, -0.05) is 37.6 Å². The third kappa shape index (κ3) is 7.16. The summed E-state index contributed by atoms with van der Waals surface area (Å²) in [5.74, 6) is 0.652. The second-order valence-electron chi connectivity index (χ2n) is 10.4. The Bertz CT molecular complexity index is 1730. The Morgan fingerprint density at radius 2 is 1.57 bits per heavy atom. The number of hydrogen-bond acceptors (Lipinski definition) is 6. The van der Waals surface area contributed by atoms with Gasteiger partial charge >= 0.3 is 0 Å². The lowest BCUT2D eigenvalue weighted by Gasteiger charge is -2.17. The minimum absolute atomic E-state index is 0.226. The Balaban J connectivity index is 1.22. The highest BCUT2D eigenvalue weighted by Gasteiger charge is 2.14. The number of nitrogens with zero attached hydrogens (tertiary/aromatic N) is 4. The Morgan fingerprint density at radius 3 is 2.31 bits per heavy atom. The fourth-order valence-electron chi connectivity index (χ4n) is 5.00. The Hall–Kier alpha value is -4.21. The van der Waals surface area contributed by atoms with Gasteiger partial charge in [-0.2, -0.15) is 0 Å². The highest BCUT2D eigenvalue weighted by Crippen LogP contribution is 2.27. The van der Waals surface area contributed by atoms with E-state index in [2.05, 4.69) is 73.8 Å². The van der Waals surface area contributed by atoms with Crippen LogP contribution in [0.4, 0.5) is 17.2 Å². The van der Waals surface area contributed by atoms with Gasteiger partial charge in [0.05, 0.1) is 10.6 Å². The second-order valence-corrected chi connectivity index (χ2v) is 12.1. The smallest absolute Gasteiger partial charge is 0.261 e. The molecule has 3 aromatic carbocycles. The lowest BCUT2D eigenvalue weighted by atomic mass is 10.1. The van der Waals surface area contributed by atoms with Gasteiger partial charge in [0.2, 0.25) is 0 Å². The summed E-state index contributed by atoms with van der Waals surface area (Å²) in [7, 11) is -3.66. The number of benzene rings is 3. The summed E-state index contributed by atoms with van der Waals surface area (Å²) in [5.41, 5.74) is 5.34. The van der Waals surface area contributed by atoms with Crippen molar-refractivity contribution in [3.05, 3.63) is 97.0 Å². The molecule has 0 saturated carbocycles. The average molecular weight is 583 g/mol. The molecule has 8 nitrogen and oxygen atoms in total. The monoisotopic (exact) mass is 582 g/mol. The molecule has 0 fully saturated rings. The molecule has 0 saturated heterocycles. The van der Waals surface area contributed by atoms with Crippen LogP contribution in [0.2, 0.25) is 0 Å². The van der Waals surface area contributed by atoms with Gasteiger partial charge in [0, 0.05) is 46.6 Å². The standard InChI is InChI=1S/C33H38N6O2S/c1-4-38(5-2)19-6-7-20-39-21-18-27-22-26(10-17-32(27)39)31-23-33(35-24-34-31)36-28-11-13-29(14-12-28)37-42(40,41)30-15-8-25(3)9-16-30/h8-18,21-24,37H,4-7,19-20H2,1-3H3,(H,34,35,36). The fourth-order valence-corrected chi connectivity index (χ4v) is 6.05. The van der Waals surface area contributed by atoms with Crippen molar-refractivity contribution in [1.82, 2.24) is 19.4 Å². The molecule has 0 atom stereocenters. The number of aromatic nitrogens is 3. The number of rotatable bonds is 13. The number of sulfonamides is 1. The number of fused-ring (bicyclic) bond motifs is 1. The number of nitrogens with one attached hydrogen (secondary N) is 2. The predicted octanol–water partition coefficient (Wildman–Crippen LogP) is 7.07. The number of hydrogen-bond donors (Lipinski definition) is 2. The Labute approximate surface area is 248 Å². The topological polar surface area (TPSA) is 92.2 Å². The summed E-state index contributed by atoms with van der Waals surface area (Å²) in [6.45, 7) is 10.7. The van der Waals surface area contributed by atoms with E-state index in [1.807, 2.05) is 25.1 Å². The molecule has 2 aromatic heterocycles. The predicted molar refractivity (Wildman–Crippen MR) is 172 cm³/mol. The summed E-state index contributed by atoms with van der Waals surface area (Å²) < 4.78 is 30.4. The number of unbranched alkanes of at least 4 members (excludes halogenated alkanes) is 1. The van der Waals surface area contributed by atoms with E-state index in [9.17, 15) is 8.42 Å². The number of anilines is 3. The molecular weight excluding hydrogens is 544 g/mol. The van der Waals surface area contributed by atoms with Gasteiger partial charge in [-0.3, -0.25) is 4.72 Å². The lowest BCUT2D eigenvalue weighted by molar-refractivity contribution is 0.294. The molecule has 0 amide bonds. The van der Waals surface area contributed by atoms with Crippen LogP contribution >= 0.6 is 0 Å². The van der Waals surface area contributed by atoms with Crippen molar-refractivity contribution in [1.29, 1.82) is 0 Å². The van der Waals surface area contributed by atoms with Gasteiger partial charge in [-0.25, -0.2) is 18.4 Å². The van der Waals surface area contributed by atoms with Crippen LogP contribution in [0, 0.1) is 6.92 Å². The van der Waals surface area contributed by atoms with Crippen molar-refractivity contribution < 1.29 is 8.42 Å². The zero-order valence-electron chi connectivity index (χ0n) is 24.4. The van der Waals surface area contributed by atoms with Crippen molar-refractivity contribution in [3.8, 4) is 11.3 Å². The first-order valence-electron chi connectivity index (χ1n) is 14.4. The van der Waals surface area contributed by atoms with Crippen molar-refractivity contribution in [2.75, 3.05) is 29.7 Å². The maximum absolute atomic E-state index is 12.7. The fraction of sp³-hybridized carbons (Fsp3) is 0.273. The molecule has 2 heterocycles. The zero-order chi connectivity index (χ0) is 29.5. The third-order valence-corrected chi connectivity index (χ3v) is 8.89. The largest absolute Gasteiger partial charge is 0.347 e. The van der Waals surface area contributed by atoms with Crippen LogP contribution < -0.4 is 10.0 Å². The molecular formula is C33H38N6O2S. The van der Waals surface area contributed by atoms with E-state index in [4.69, 9.17) is 0 Å². The molecule has 9 heteroatoms. The first-order valence-corrected chi connectivity index (χ1v) is 15.9. The molecule has 0 radical (unpaired) electrons. The molecule has 0 spiro atoms. The van der Waals surface area contributed by atoms with Crippen molar-refractivity contribution in [2.24, 2.45) is 0 Å². The minimum atomic E-state index is -3.66. The zero-order valence-corrected chi connectivity index (χ0v) is 25.2. The molecule has 218 valence electrons. The first-order chi connectivity index (χ1) is 20.3. The third-order valence-electron chi connectivity index (χ3n) is 7.49. The van der Waals surface area contributed by atoms with Gasteiger partial charge in [-0.05, 0) is 94.0 Å². The van der Waals surface area contributed by atoms with E-state index >= 15 is 0 Å². The maximum Gasteiger partial charge on any atom is 0.261 e. The Morgan fingerprint density at radius 1 is 0.833 bits per heavy atom. The molecule has 0 bridgehead atoms. The second kappa shape index (κ2) is 13.2.